The molecule has 0 N–H and O–H groups in total. The molecule has 7 aromatic carbocycles. The quantitative estimate of drug-likeness (QED) is 0.189. The number of aromatic nitrogens is 4. The minimum atomic E-state index is 0.597. The molecule has 0 atom stereocenters. The Morgan fingerprint density at radius 1 is 0.404 bits per heavy atom. The molecule has 0 saturated carbocycles. The maximum atomic E-state index is 6.25. The average Bonchev–Trinajstić information content (AvgIpc) is 3.53. The summed E-state index contributed by atoms with van der Waals surface area (Å²) in [5.41, 5.74) is 5.36. The first-order chi connectivity index (χ1) is 23.3. The fourth-order valence-electron chi connectivity index (χ4n) is 6.94. The van der Waals surface area contributed by atoms with Crippen molar-refractivity contribution in [3.8, 4) is 34.2 Å². The molecule has 218 valence electrons. The Kier molecular flexibility index (Phi) is 5.51. The summed E-state index contributed by atoms with van der Waals surface area (Å²) in [6, 6.07) is 47.9. The first kappa shape index (κ1) is 25.8. The summed E-state index contributed by atoms with van der Waals surface area (Å²) in [5, 5.41) is 9.91. The van der Waals surface area contributed by atoms with E-state index in [1.165, 1.54) is 10.8 Å². The van der Waals surface area contributed by atoms with E-state index in [4.69, 9.17) is 24.4 Å². The van der Waals surface area contributed by atoms with Crippen molar-refractivity contribution in [1.82, 2.24) is 19.9 Å². The van der Waals surface area contributed by atoms with Crippen LogP contribution >= 0.6 is 0 Å². The molecule has 0 aliphatic carbocycles. The van der Waals surface area contributed by atoms with Crippen LogP contribution in [0.1, 0.15) is 0 Å². The van der Waals surface area contributed by atoms with Gasteiger partial charge >= 0.3 is 0 Å². The van der Waals surface area contributed by atoms with E-state index in [2.05, 4.69) is 109 Å². The van der Waals surface area contributed by atoms with Gasteiger partial charge in [0, 0.05) is 44.4 Å². The van der Waals surface area contributed by atoms with E-state index in [1.807, 2.05) is 36.5 Å². The standard InChI is InChI=1S/C42H24N4O/c1-2-10-26-23-27(20-19-25(26)9-1)40-44-41(46-42(45-40)34-16-8-18-37-39(34)33-13-5-6-17-36(33)47-37)32-15-7-14-31-30(32)21-22-35-38(31)29-12-4-3-11-28(29)24-43-35/h1-24H. The smallest absolute Gasteiger partial charge is 0.164 e. The lowest BCUT2D eigenvalue weighted by atomic mass is 9.97. The van der Waals surface area contributed by atoms with E-state index in [0.29, 0.717) is 17.5 Å². The van der Waals surface area contributed by atoms with Gasteiger partial charge in [-0.15, -0.1) is 0 Å². The predicted molar refractivity (Wildman–Crippen MR) is 191 cm³/mol. The summed E-state index contributed by atoms with van der Waals surface area (Å²) in [5.74, 6) is 1.83. The van der Waals surface area contributed by atoms with Crippen LogP contribution in [-0.4, -0.2) is 19.9 Å². The third-order valence-corrected chi connectivity index (χ3v) is 9.14. The molecule has 5 heteroatoms. The van der Waals surface area contributed by atoms with Crippen LogP contribution in [0.2, 0.25) is 0 Å². The highest BCUT2D eigenvalue weighted by Crippen LogP contribution is 2.39. The lowest BCUT2D eigenvalue weighted by molar-refractivity contribution is 0.669. The summed E-state index contributed by atoms with van der Waals surface area (Å²) >= 11 is 0. The van der Waals surface area contributed by atoms with E-state index in [-0.39, 0.29) is 0 Å². The van der Waals surface area contributed by atoms with Crippen LogP contribution in [0.5, 0.6) is 0 Å². The van der Waals surface area contributed by atoms with Gasteiger partial charge in [-0.25, -0.2) is 15.0 Å². The van der Waals surface area contributed by atoms with Crippen molar-refractivity contribution >= 4 is 65.2 Å². The van der Waals surface area contributed by atoms with Gasteiger partial charge in [0.25, 0.3) is 0 Å². The van der Waals surface area contributed by atoms with Gasteiger partial charge in [-0.05, 0) is 51.2 Å². The molecule has 0 saturated heterocycles. The Labute approximate surface area is 268 Å². The Morgan fingerprint density at radius 2 is 1.09 bits per heavy atom. The third kappa shape index (κ3) is 4.03. The second kappa shape index (κ2) is 10.0. The zero-order chi connectivity index (χ0) is 30.9. The van der Waals surface area contributed by atoms with Crippen LogP contribution in [0.4, 0.5) is 0 Å². The van der Waals surface area contributed by atoms with Gasteiger partial charge in [-0.1, -0.05) is 115 Å². The molecule has 10 aromatic rings. The van der Waals surface area contributed by atoms with Gasteiger partial charge in [0.1, 0.15) is 11.2 Å². The van der Waals surface area contributed by atoms with E-state index in [1.54, 1.807) is 0 Å². The first-order valence-corrected chi connectivity index (χ1v) is 15.6. The molecule has 0 spiro atoms. The minimum Gasteiger partial charge on any atom is -0.456 e. The summed E-state index contributed by atoms with van der Waals surface area (Å²) in [6.07, 6.45) is 1.95. The topological polar surface area (TPSA) is 64.7 Å². The number of fused-ring (bicyclic) bond motifs is 9. The normalized spacial score (nSPS) is 11.8. The average molecular weight is 601 g/mol. The molecular weight excluding hydrogens is 576 g/mol. The number of nitrogens with zero attached hydrogens (tertiary/aromatic N) is 4. The molecule has 0 fully saturated rings. The van der Waals surface area contributed by atoms with Crippen molar-refractivity contribution in [2.24, 2.45) is 0 Å². The van der Waals surface area contributed by atoms with Crippen LogP contribution in [0.25, 0.3) is 99.3 Å². The molecule has 0 unspecified atom stereocenters. The summed E-state index contributed by atoms with van der Waals surface area (Å²) in [6.45, 7) is 0. The number of benzene rings is 7. The Bertz CT molecular complexity index is 2870. The largest absolute Gasteiger partial charge is 0.456 e. The third-order valence-electron chi connectivity index (χ3n) is 9.14. The van der Waals surface area contributed by atoms with Crippen molar-refractivity contribution in [2.45, 2.75) is 0 Å². The Hall–Kier alpha value is -6.46. The number of hydrogen-bond acceptors (Lipinski definition) is 5. The van der Waals surface area contributed by atoms with Crippen LogP contribution in [0.15, 0.2) is 150 Å². The van der Waals surface area contributed by atoms with Crippen LogP contribution in [0.3, 0.4) is 0 Å². The van der Waals surface area contributed by atoms with Gasteiger partial charge in [0.15, 0.2) is 17.5 Å². The summed E-state index contributed by atoms with van der Waals surface area (Å²) in [4.78, 5) is 20.3. The number of para-hydroxylation sites is 1. The number of rotatable bonds is 3. The fourth-order valence-corrected chi connectivity index (χ4v) is 6.94. The predicted octanol–water partition coefficient (Wildman–Crippen LogP) is 10.8. The minimum absolute atomic E-state index is 0.597. The maximum Gasteiger partial charge on any atom is 0.164 e. The van der Waals surface area contributed by atoms with Crippen LogP contribution in [-0.2, 0) is 0 Å². The van der Waals surface area contributed by atoms with E-state index < -0.39 is 0 Å². The molecule has 0 bridgehead atoms. The molecule has 0 radical (unpaired) electrons. The van der Waals surface area contributed by atoms with E-state index in [0.717, 1.165) is 71.1 Å². The molecule has 3 aromatic heterocycles. The molecule has 0 amide bonds. The number of furan rings is 1. The first-order valence-electron chi connectivity index (χ1n) is 15.6. The Morgan fingerprint density at radius 3 is 2.00 bits per heavy atom. The second-order valence-corrected chi connectivity index (χ2v) is 11.9. The van der Waals surface area contributed by atoms with Crippen LogP contribution < -0.4 is 0 Å². The maximum absolute atomic E-state index is 6.25. The van der Waals surface area contributed by atoms with Gasteiger partial charge in [-0.2, -0.15) is 0 Å². The van der Waals surface area contributed by atoms with Gasteiger partial charge in [-0.3, -0.25) is 4.98 Å². The Balaban J connectivity index is 1.28. The highest BCUT2D eigenvalue weighted by atomic mass is 16.3. The van der Waals surface area contributed by atoms with Crippen molar-refractivity contribution < 1.29 is 4.42 Å². The molecule has 0 aliphatic heterocycles. The van der Waals surface area contributed by atoms with Gasteiger partial charge < -0.3 is 4.42 Å². The van der Waals surface area contributed by atoms with E-state index >= 15 is 0 Å². The molecule has 5 nitrogen and oxygen atoms in total. The van der Waals surface area contributed by atoms with Gasteiger partial charge in [0.2, 0.25) is 0 Å². The lowest BCUT2D eigenvalue weighted by Gasteiger charge is -2.13. The van der Waals surface area contributed by atoms with Crippen molar-refractivity contribution in [3.63, 3.8) is 0 Å². The monoisotopic (exact) mass is 600 g/mol. The van der Waals surface area contributed by atoms with Gasteiger partial charge in [0.05, 0.1) is 5.52 Å². The number of pyridine rings is 1. The second-order valence-electron chi connectivity index (χ2n) is 11.9. The SMILES string of the molecule is c1ccc2cc(-c3nc(-c4cccc5c4ccc4ncc6ccccc6c45)nc(-c4cccc5oc6ccccc6c45)n3)ccc2c1. The molecule has 47 heavy (non-hydrogen) atoms. The molecule has 3 heterocycles. The molecule has 10 rings (SSSR count). The zero-order valence-electron chi connectivity index (χ0n) is 25.1. The van der Waals surface area contributed by atoms with E-state index in [9.17, 15) is 0 Å². The highest BCUT2D eigenvalue weighted by Gasteiger charge is 2.19. The highest BCUT2D eigenvalue weighted by molar-refractivity contribution is 6.20. The molecule has 0 aliphatic rings. The zero-order valence-corrected chi connectivity index (χ0v) is 25.1. The van der Waals surface area contributed by atoms with Crippen molar-refractivity contribution in [1.29, 1.82) is 0 Å². The lowest BCUT2D eigenvalue weighted by Crippen LogP contribution is -2.01. The summed E-state index contributed by atoms with van der Waals surface area (Å²) < 4.78 is 6.25. The van der Waals surface area contributed by atoms with Crippen LogP contribution in [0, 0.1) is 0 Å². The molecular formula is C42H24N4O. The summed E-state index contributed by atoms with van der Waals surface area (Å²) in [7, 11) is 0. The fraction of sp³-hybridized carbons (Fsp3) is 0. The number of hydrogen-bond donors (Lipinski definition) is 0. The van der Waals surface area contributed by atoms with Crippen molar-refractivity contribution in [3.05, 3.63) is 146 Å². The van der Waals surface area contributed by atoms with Crippen molar-refractivity contribution in [2.75, 3.05) is 0 Å².